The van der Waals surface area contributed by atoms with Crippen LogP contribution in [0.2, 0.25) is 0 Å². The highest BCUT2D eigenvalue weighted by atomic mass is 32.2. The minimum absolute atomic E-state index is 0.0305. The molecule has 38 heavy (non-hydrogen) atoms. The van der Waals surface area contributed by atoms with Crippen molar-refractivity contribution in [3.8, 4) is 0 Å². The van der Waals surface area contributed by atoms with Gasteiger partial charge in [-0.3, -0.25) is 4.79 Å². The van der Waals surface area contributed by atoms with Gasteiger partial charge in [-0.1, -0.05) is 42.8 Å². The summed E-state index contributed by atoms with van der Waals surface area (Å²) in [6, 6.07) is 18.8. The quantitative estimate of drug-likeness (QED) is 0.390. The SMILES string of the molecule is CN(C)c1ccc([C@H]2C[C@]3(C)C(=C=CS(=O)c4ccccc4)CC[C@H]3[C@@H]3CCC4=CC(=O)CCC4=C32)cc1. The first-order valence-corrected chi connectivity index (χ1v) is 15.2. The van der Waals surface area contributed by atoms with Crippen LogP contribution in [0.25, 0.3) is 0 Å². The van der Waals surface area contributed by atoms with Crippen LogP contribution >= 0.6 is 0 Å². The Labute approximate surface area is 229 Å². The number of hydrogen-bond acceptors (Lipinski definition) is 3. The second kappa shape index (κ2) is 9.98. The molecule has 3 nitrogen and oxygen atoms in total. The molecule has 196 valence electrons. The summed E-state index contributed by atoms with van der Waals surface area (Å²) in [4.78, 5) is 15.3. The number of ketones is 1. The van der Waals surface area contributed by atoms with Crippen molar-refractivity contribution in [3.63, 3.8) is 0 Å². The van der Waals surface area contributed by atoms with Gasteiger partial charge in [0.2, 0.25) is 0 Å². The largest absolute Gasteiger partial charge is 0.378 e. The van der Waals surface area contributed by atoms with Crippen LogP contribution < -0.4 is 4.90 Å². The van der Waals surface area contributed by atoms with E-state index < -0.39 is 10.8 Å². The molecule has 0 aromatic heterocycles. The number of allylic oxidation sites excluding steroid dienone is 5. The lowest BCUT2D eigenvalue weighted by Gasteiger charge is -2.51. The molecule has 0 spiro atoms. The Morgan fingerprint density at radius 1 is 0.974 bits per heavy atom. The lowest BCUT2D eigenvalue weighted by molar-refractivity contribution is -0.114. The molecule has 0 bridgehead atoms. The van der Waals surface area contributed by atoms with Crippen molar-refractivity contribution in [1.29, 1.82) is 0 Å². The van der Waals surface area contributed by atoms with Crippen LogP contribution in [-0.4, -0.2) is 24.1 Å². The standard InChI is InChI=1S/C34H37NO2S/c1-34-22-31(23-9-13-26(14-10-23)35(2)3)33-29-17-15-27(36)21-24(29)11-16-30(33)32(34)18-12-25(34)19-20-38(37)28-7-5-4-6-8-28/h4-10,13-14,20-21,30-32H,11-12,15-18,22H2,1-3H3/t19?,30-,31+,32-,34+,38?/m0/s1. The normalized spacial score (nSPS) is 29.0. The molecular weight excluding hydrogens is 486 g/mol. The Hall–Kier alpha value is -2.94. The van der Waals surface area contributed by atoms with Crippen molar-refractivity contribution >= 4 is 22.3 Å². The van der Waals surface area contributed by atoms with Crippen LogP contribution in [0.3, 0.4) is 0 Å². The Morgan fingerprint density at radius 2 is 1.74 bits per heavy atom. The number of fused-ring (bicyclic) bond motifs is 4. The van der Waals surface area contributed by atoms with Gasteiger partial charge in [0.05, 0.1) is 10.8 Å². The van der Waals surface area contributed by atoms with E-state index in [9.17, 15) is 9.00 Å². The molecule has 1 unspecified atom stereocenters. The van der Waals surface area contributed by atoms with Gasteiger partial charge in [-0.15, -0.1) is 5.73 Å². The van der Waals surface area contributed by atoms with E-state index in [0.717, 1.165) is 43.4 Å². The Bertz CT molecular complexity index is 1410. The number of rotatable bonds is 4. The number of benzene rings is 2. The molecule has 0 amide bonds. The predicted molar refractivity (Wildman–Crippen MR) is 155 cm³/mol. The molecule has 4 aliphatic rings. The highest BCUT2D eigenvalue weighted by Gasteiger charge is 2.54. The monoisotopic (exact) mass is 523 g/mol. The van der Waals surface area contributed by atoms with Gasteiger partial charge >= 0.3 is 0 Å². The van der Waals surface area contributed by atoms with E-state index in [0.29, 0.717) is 24.2 Å². The summed E-state index contributed by atoms with van der Waals surface area (Å²) in [6.07, 6.45) is 8.85. The average molecular weight is 524 g/mol. The zero-order valence-electron chi connectivity index (χ0n) is 22.7. The maximum absolute atomic E-state index is 13.0. The van der Waals surface area contributed by atoms with Crippen LogP contribution in [0, 0.1) is 17.3 Å². The van der Waals surface area contributed by atoms with Crippen molar-refractivity contribution < 1.29 is 9.00 Å². The minimum Gasteiger partial charge on any atom is -0.378 e. The summed E-state index contributed by atoms with van der Waals surface area (Å²) in [5.41, 5.74) is 12.0. The predicted octanol–water partition coefficient (Wildman–Crippen LogP) is 7.50. The summed E-state index contributed by atoms with van der Waals surface area (Å²) in [5, 5.41) is 1.79. The molecule has 0 aliphatic heterocycles. The maximum atomic E-state index is 13.0. The van der Waals surface area contributed by atoms with Crippen LogP contribution in [0.1, 0.15) is 63.4 Å². The van der Waals surface area contributed by atoms with E-state index in [1.807, 2.05) is 36.4 Å². The third-order valence-corrected chi connectivity index (χ3v) is 10.7. The Balaban J connectivity index is 1.44. The van der Waals surface area contributed by atoms with E-state index in [-0.39, 0.29) is 11.2 Å². The zero-order valence-corrected chi connectivity index (χ0v) is 23.5. The van der Waals surface area contributed by atoms with Gasteiger partial charge in [0, 0.05) is 47.8 Å². The molecular formula is C34H37NO2S. The molecule has 5 atom stereocenters. The van der Waals surface area contributed by atoms with Gasteiger partial charge in [0.15, 0.2) is 5.78 Å². The molecule has 2 aromatic rings. The van der Waals surface area contributed by atoms with Crippen LogP contribution in [0.15, 0.2) is 99.0 Å². The van der Waals surface area contributed by atoms with Crippen molar-refractivity contribution in [3.05, 3.63) is 99.7 Å². The second-order valence-corrected chi connectivity index (χ2v) is 13.2. The van der Waals surface area contributed by atoms with Crippen molar-refractivity contribution in [2.24, 2.45) is 17.3 Å². The average Bonchev–Trinajstić information content (AvgIpc) is 3.27. The summed E-state index contributed by atoms with van der Waals surface area (Å²) >= 11 is 0. The number of hydrogen-bond donors (Lipinski definition) is 0. The summed E-state index contributed by atoms with van der Waals surface area (Å²) in [7, 11) is 2.98. The summed E-state index contributed by atoms with van der Waals surface area (Å²) < 4.78 is 13.0. The number of anilines is 1. The molecule has 0 N–H and O–H groups in total. The first-order chi connectivity index (χ1) is 18.3. The third kappa shape index (κ3) is 4.38. The van der Waals surface area contributed by atoms with Crippen LogP contribution in [0.5, 0.6) is 0 Å². The van der Waals surface area contributed by atoms with Crippen molar-refractivity contribution in [2.45, 2.75) is 62.7 Å². The van der Waals surface area contributed by atoms with E-state index in [2.05, 4.69) is 55.9 Å². The van der Waals surface area contributed by atoms with Crippen molar-refractivity contribution in [1.82, 2.24) is 0 Å². The molecule has 2 fully saturated rings. The fraction of sp³-hybridized carbons (Fsp3) is 0.412. The van der Waals surface area contributed by atoms with Gasteiger partial charge in [0.1, 0.15) is 0 Å². The second-order valence-electron chi connectivity index (χ2n) is 11.9. The number of carbonyl (C=O) groups excluding carboxylic acids is 1. The highest BCUT2D eigenvalue weighted by molar-refractivity contribution is 7.88. The van der Waals surface area contributed by atoms with E-state index in [1.165, 1.54) is 28.0 Å². The highest BCUT2D eigenvalue weighted by Crippen LogP contribution is 2.65. The van der Waals surface area contributed by atoms with Crippen molar-refractivity contribution in [2.75, 3.05) is 19.0 Å². The van der Waals surface area contributed by atoms with Gasteiger partial charge in [-0.05, 0) is 103 Å². The minimum atomic E-state index is -1.19. The molecule has 2 aromatic carbocycles. The first kappa shape index (κ1) is 25.3. The fourth-order valence-electron chi connectivity index (χ4n) is 7.76. The topological polar surface area (TPSA) is 37.4 Å². The van der Waals surface area contributed by atoms with Crippen LogP contribution in [0.4, 0.5) is 5.69 Å². The van der Waals surface area contributed by atoms with E-state index >= 15 is 0 Å². The molecule has 0 heterocycles. The number of carbonyl (C=O) groups is 1. The molecule has 0 saturated heterocycles. The lowest BCUT2D eigenvalue weighted by atomic mass is 9.53. The molecule has 4 heteroatoms. The Morgan fingerprint density at radius 3 is 2.47 bits per heavy atom. The molecule has 4 aliphatic carbocycles. The Kier molecular flexibility index (Phi) is 6.66. The molecule has 2 saturated carbocycles. The zero-order chi connectivity index (χ0) is 26.4. The first-order valence-electron chi connectivity index (χ1n) is 14.0. The van der Waals surface area contributed by atoms with Gasteiger partial charge < -0.3 is 4.90 Å². The lowest BCUT2D eigenvalue weighted by Crippen LogP contribution is -2.41. The van der Waals surface area contributed by atoms with Gasteiger partial charge in [-0.2, -0.15) is 0 Å². The van der Waals surface area contributed by atoms with E-state index in [1.54, 1.807) is 11.0 Å². The van der Waals surface area contributed by atoms with Gasteiger partial charge in [0.25, 0.3) is 0 Å². The third-order valence-electron chi connectivity index (χ3n) is 9.65. The smallest absolute Gasteiger partial charge is 0.156 e. The van der Waals surface area contributed by atoms with Crippen LogP contribution in [-0.2, 0) is 15.6 Å². The summed E-state index contributed by atoms with van der Waals surface area (Å²) in [5.74, 6) is 1.73. The maximum Gasteiger partial charge on any atom is 0.156 e. The molecule has 6 rings (SSSR count). The van der Waals surface area contributed by atoms with Gasteiger partial charge in [-0.25, -0.2) is 4.21 Å². The summed E-state index contributed by atoms with van der Waals surface area (Å²) in [6.45, 7) is 2.45. The number of nitrogens with zero attached hydrogens (tertiary/aromatic N) is 1. The van der Waals surface area contributed by atoms with E-state index in [4.69, 9.17) is 0 Å². The fourth-order valence-corrected chi connectivity index (χ4v) is 8.57. The molecule has 0 radical (unpaired) electrons.